The molecule has 0 aromatic heterocycles. The number of nitrogens with zero attached hydrogens (tertiary/aromatic N) is 1. The molecule has 4 rings (SSSR count). The van der Waals surface area contributed by atoms with Crippen molar-refractivity contribution in [2.75, 3.05) is 19.7 Å². The number of aliphatic hydroxyl groups is 1. The van der Waals surface area contributed by atoms with Crippen LogP contribution in [0.4, 0.5) is 4.79 Å². The Balaban J connectivity index is 1.32. The molecule has 0 radical (unpaired) electrons. The molecule has 1 fully saturated rings. The van der Waals surface area contributed by atoms with E-state index in [1.54, 1.807) is 0 Å². The SMILES string of the molecule is O=C(N[C@@H]1COc2ccccc21)N1CCC([C@H](O)c2ccccc2)CC1. The average molecular weight is 352 g/mol. The van der Waals surface area contributed by atoms with E-state index in [2.05, 4.69) is 5.32 Å². The Labute approximate surface area is 153 Å². The van der Waals surface area contributed by atoms with Gasteiger partial charge >= 0.3 is 6.03 Å². The van der Waals surface area contributed by atoms with Gasteiger partial charge in [-0.05, 0) is 30.4 Å². The van der Waals surface area contributed by atoms with Gasteiger partial charge in [0.25, 0.3) is 0 Å². The lowest BCUT2D eigenvalue weighted by molar-refractivity contribution is 0.0660. The lowest BCUT2D eigenvalue weighted by Gasteiger charge is -2.34. The fraction of sp³-hybridized carbons (Fsp3) is 0.381. The standard InChI is InChI=1S/C21H24N2O3/c24-20(15-6-2-1-3-7-15)16-10-12-23(13-11-16)21(25)22-18-14-26-19-9-5-4-8-17(18)19/h1-9,16,18,20,24H,10-14H2,(H,22,25)/t18-,20-/m1/s1. The maximum absolute atomic E-state index is 12.6. The minimum Gasteiger partial charge on any atom is -0.491 e. The summed E-state index contributed by atoms with van der Waals surface area (Å²) in [6.07, 6.45) is 1.15. The molecule has 2 amide bonds. The molecule has 5 nitrogen and oxygen atoms in total. The number of hydrogen-bond donors (Lipinski definition) is 2. The largest absolute Gasteiger partial charge is 0.491 e. The third kappa shape index (κ3) is 3.40. The molecule has 0 spiro atoms. The van der Waals surface area contributed by atoms with Crippen molar-refractivity contribution in [1.29, 1.82) is 0 Å². The predicted octanol–water partition coefficient (Wildman–Crippen LogP) is 3.28. The molecule has 0 saturated carbocycles. The van der Waals surface area contributed by atoms with Crippen molar-refractivity contribution in [3.63, 3.8) is 0 Å². The molecule has 2 aliphatic heterocycles. The lowest BCUT2D eigenvalue weighted by atomic mass is 9.87. The van der Waals surface area contributed by atoms with Crippen LogP contribution < -0.4 is 10.1 Å². The maximum atomic E-state index is 12.6. The number of benzene rings is 2. The van der Waals surface area contributed by atoms with Crippen LogP contribution in [0.1, 0.15) is 36.1 Å². The van der Waals surface area contributed by atoms with Gasteiger partial charge < -0.3 is 20.1 Å². The Bertz CT molecular complexity index is 757. The van der Waals surface area contributed by atoms with Gasteiger partial charge in [-0.2, -0.15) is 0 Å². The first kappa shape index (κ1) is 16.9. The third-order valence-electron chi connectivity index (χ3n) is 5.41. The molecule has 0 bridgehead atoms. The molecule has 2 aliphatic rings. The summed E-state index contributed by atoms with van der Waals surface area (Å²) in [6.45, 7) is 1.81. The summed E-state index contributed by atoms with van der Waals surface area (Å²) in [5, 5.41) is 13.7. The average Bonchev–Trinajstić information content (AvgIpc) is 3.11. The smallest absolute Gasteiger partial charge is 0.318 e. The maximum Gasteiger partial charge on any atom is 0.318 e. The fourth-order valence-corrected chi connectivity index (χ4v) is 3.86. The molecule has 2 N–H and O–H groups in total. The lowest BCUT2D eigenvalue weighted by Crippen LogP contribution is -2.46. The van der Waals surface area contributed by atoms with Gasteiger partial charge in [0.05, 0.1) is 12.1 Å². The Kier molecular flexibility index (Phi) is 4.80. The number of aliphatic hydroxyl groups excluding tert-OH is 1. The van der Waals surface area contributed by atoms with Crippen LogP contribution in [0.15, 0.2) is 54.6 Å². The minimum atomic E-state index is -0.462. The van der Waals surface area contributed by atoms with Crippen LogP contribution in [0.2, 0.25) is 0 Å². The van der Waals surface area contributed by atoms with Crippen molar-refractivity contribution in [1.82, 2.24) is 10.2 Å². The third-order valence-corrected chi connectivity index (χ3v) is 5.41. The monoisotopic (exact) mass is 352 g/mol. The van der Waals surface area contributed by atoms with Crippen molar-refractivity contribution in [2.24, 2.45) is 5.92 Å². The van der Waals surface area contributed by atoms with E-state index >= 15 is 0 Å². The summed E-state index contributed by atoms with van der Waals surface area (Å²) in [6, 6.07) is 17.4. The second-order valence-electron chi connectivity index (χ2n) is 7.03. The number of ether oxygens (including phenoxy) is 1. The van der Waals surface area contributed by atoms with E-state index in [0.717, 1.165) is 29.7 Å². The number of hydrogen-bond acceptors (Lipinski definition) is 3. The topological polar surface area (TPSA) is 61.8 Å². The van der Waals surface area contributed by atoms with Gasteiger partial charge in [0.2, 0.25) is 0 Å². The van der Waals surface area contributed by atoms with Gasteiger partial charge in [-0.3, -0.25) is 0 Å². The zero-order chi connectivity index (χ0) is 17.9. The zero-order valence-corrected chi connectivity index (χ0v) is 14.7. The van der Waals surface area contributed by atoms with Gasteiger partial charge in [-0.15, -0.1) is 0 Å². The summed E-state index contributed by atoms with van der Waals surface area (Å²) < 4.78 is 5.63. The van der Waals surface area contributed by atoms with Gasteiger partial charge in [0, 0.05) is 18.7 Å². The number of fused-ring (bicyclic) bond motifs is 1. The minimum absolute atomic E-state index is 0.0528. The van der Waals surface area contributed by atoms with Crippen LogP contribution in [0.5, 0.6) is 5.75 Å². The first-order valence-electron chi connectivity index (χ1n) is 9.22. The zero-order valence-electron chi connectivity index (χ0n) is 14.7. The van der Waals surface area contributed by atoms with Crippen molar-refractivity contribution in [2.45, 2.75) is 25.0 Å². The van der Waals surface area contributed by atoms with Gasteiger partial charge in [-0.25, -0.2) is 4.79 Å². The molecule has 2 atom stereocenters. The van der Waals surface area contributed by atoms with Crippen LogP contribution in [0.3, 0.4) is 0 Å². The number of rotatable bonds is 3. The molecule has 26 heavy (non-hydrogen) atoms. The van der Waals surface area contributed by atoms with Crippen molar-refractivity contribution >= 4 is 6.03 Å². The van der Waals surface area contributed by atoms with Crippen LogP contribution in [-0.2, 0) is 0 Å². The van der Waals surface area contributed by atoms with Crippen LogP contribution in [0.25, 0.3) is 0 Å². The number of amides is 2. The van der Waals surface area contributed by atoms with E-state index in [0.29, 0.717) is 19.7 Å². The molecule has 0 unspecified atom stereocenters. The van der Waals surface area contributed by atoms with Crippen molar-refractivity contribution in [3.05, 3.63) is 65.7 Å². The first-order chi connectivity index (χ1) is 12.7. The highest BCUT2D eigenvalue weighted by Gasteiger charge is 2.31. The number of likely N-dealkylation sites (tertiary alicyclic amines) is 1. The Morgan fingerprint density at radius 3 is 2.54 bits per heavy atom. The van der Waals surface area contributed by atoms with Gasteiger partial charge in [-0.1, -0.05) is 48.5 Å². The highest BCUT2D eigenvalue weighted by molar-refractivity contribution is 5.75. The molecular weight excluding hydrogens is 328 g/mol. The number of carbonyl (C=O) groups is 1. The van der Waals surface area contributed by atoms with E-state index in [-0.39, 0.29) is 18.0 Å². The van der Waals surface area contributed by atoms with E-state index in [4.69, 9.17) is 4.74 Å². The summed E-state index contributed by atoms with van der Waals surface area (Å²) in [5.74, 6) is 1.04. The number of carbonyl (C=O) groups excluding carboxylic acids is 1. The van der Waals surface area contributed by atoms with Crippen molar-refractivity contribution < 1.29 is 14.6 Å². The van der Waals surface area contributed by atoms with E-state index in [1.807, 2.05) is 59.5 Å². The molecular formula is C21H24N2O3. The molecule has 5 heteroatoms. The summed E-state index contributed by atoms with van der Waals surface area (Å²) >= 11 is 0. The van der Waals surface area contributed by atoms with E-state index < -0.39 is 6.10 Å². The number of urea groups is 1. The quantitative estimate of drug-likeness (QED) is 0.891. The molecule has 2 aromatic carbocycles. The second-order valence-corrected chi connectivity index (χ2v) is 7.03. The fourth-order valence-electron chi connectivity index (χ4n) is 3.86. The van der Waals surface area contributed by atoms with Crippen molar-refractivity contribution in [3.8, 4) is 5.75 Å². The Morgan fingerprint density at radius 2 is 1.77 bits per heavy atom. The van der Waals surface area contributed by atoms with E-state index in [9.17, 15) is 9.90 Å². The molecule has 0 aliphatic carbocycles. The molecule has 136 valence electrons. The normalized spacial score (nSPS) is 21.0. The number of piperidine rings is 1. The Morgan fingerprint density at radius 1 is 1.08 bits per heavy atom. The number of nitrogens with one attached hydrogen (secondary N) is 1. The highest BCUT2D eigenvalue weighted by Crippen LogP contribution is 2.33. The van der Waals surface area contributed by atoms with Crippen LogP contribution >= 0.6 is 0 Å². The predicted molar refractivity (Wildman–Crippen MR) is 98.9 cm³/mol. The molecule has 1 saturated heterocycles. The summed E-state index contributed by atoms with van der Waals surface area (Å²) in [7, 11) is 0. The van der Waals surface area contributed by atoms with Crippen LogP contribution in [-0.4, -0.2) is 35.7 Å². The van der Waals surface area contributed by atoms with Crippen LogP contribution in [0, 0.1) is 5.92 Å². The molecule has 2 heterocycles. The molecule has 2 aromatic rings. The second kappa shape index (κ2) is 7.38. The van der Waals surface area contributed by atoms with E-state index in [1.165, 1.54) is 0 Å². The summed E-state index contributed by atoms with van der Waals surface area (Å²) in [4.78, 5) is 14.4. The van der Waals surface area contributed by atoms with Gasteiger partial charge in [0.15, 0.2) is 0 Å². The summed E-state index contributed by atoms with van der Waals surface area (Å²) in [5.41, 5.74) is 1.99. The Hall–Kier alpha value is -2.53. The number of para-hydroxylation sites is 1. The highest BCUT2D eigenvalue weighted by atomic mass is 16.5. The van der Waals surface area contributed by atoms with Gasteiger partial charge in [0.1, 0.15) is 12.4 Å². The first-order valence-corrected chi connectivity index (χ1v) is 9.22.